The second-order valence-corrected chi connectivity index (χ2v) is 4.27. The third kappa shape index (κ3) is 4.16. The van der Waals surface area contributed by atoms with Gasteiger partial charge in [0.25, 0.3) is 0 Å². The van der Waals surface area contributed by atoms with Gasteiger partial charge in [-0.05, 0) is 25.8 Å². The monoisotopic (exact) mass is 231 g/mol. The summed E-state index contributed by atoms with van der Waals surface area (Å²) in [6.07, 6.45) is 2.51. The smallest absolute Gasteiger partial charge is 0.248 e. The van der Waals surface area contributed by atoms with Gasteiger partial charge in [0.15, 0.2) is 0 Å². The fourth-order valence-electron chi connectivity index (χ4n) is 1.81. The van der Waals surface area contributed by atoms with Crippen LogP contribution in [0.1, 0.15) is 32.6 Å². The van der Waals surface area contributed by atoms with Crippen LogP contribution in [-0.4, -0.2) is 24.7 Å². The lowest BCUT2D eigenvalue weighted by molar-refractivity contribution is -0.0397. The van der Waals surface area contributed by atoms with Crippen molar-refractivity contribution in [3.05, 3.63) is 11.9 Å². The van der Waals surface area contributed by atoms with Crippen molar-refractivity contribution in [1.29, 1.82) is 5.41 Å². The van der Waals surface area contributed by atoms with Crippen LogP contribution in [0.5, 0.6) is 0 Å². The van der Waals surface area contributed by atoms with E-state index in [1.54, 1.807) is 20.0 Å². The standard InChI is InChI=1S/C11H19F2N3/c1-8(14)7-10(15-2)16-9-3-5-11(12,13)6-4-9/h7,9,14-16H,3-6H2,1-2H3/b10-7+,14-8?. The van der Waals surface area contributed by atoms with Crippen LogP contribution < -0.4 is 10.6 Å². The zero-order chi connectivity index (χ0) is 12.2. The van der Waals surface area contributed by atoms with Crippen LogP contribution in [0.2, 0.25) is 0 Å². The van der Waals surface area contributed by atoms with E-state index in [-0.39, 0.29) is 18.9 Å². The zero-order valence-electron chi connectivity index (χ0n) is 9.74. The summed E-state index contributed by atoms with van der Waals surface area (Å²) in [6.45, 7) is 1.67. The van der Waals surface area contributed by atoms with E-state index in [2.05, 4.69) is 10.6 Å². The first-order chi connectivity index (χ1) is 7.43. The summed E-state index contributed by atoms with van der Waals surface area (Å²) >= 11 is 0. The molecule has 92 valence electrons. The SMILES string of the molecule is CN/C(=C\C(C)=N)NC1CCC(F)(F)CC1. The molecule has 1 fully saturated rings. The molecule has 0 radical (unpaired) electrons. The largest absolute Gasteiger partial charge is 0.375 e. The molecular weight excluding hydrogens is 212 g/mol. The van der Waals surface area contributed by atoms with Gasteiger partial charge in [-0.3, -0.25) is 0 Å². The second kappa shape index (κ2) is 5.27. The highest BCUT2D eigenvalue weighted by Crippen LogP contribution is 2.33. The van der Waals surface area contributed by atoms with E-state index >= 15 is 0 Å². The van der Waals surface area contributed by atoms with Gasteiger partial charge in [0.1, 0.15) is 5.82 Å². The first-order valence-corrected chi connectivity index (χ1v) is 5.52. The average molecular weight is 231 g/mol. The minimum absolute atomic E-state index is 0.0504. The molecule has 0 saturated heterocycles. The van der Waals surface area contributed by atoms with E-state index in [9.17, 15) is 8.78 Å². The molecule has 5 heteroatoms. The van der Waals surface area contributed by atoms with Crippen molar-refractivity contribution in [2.45, 2.75) is 44.6 Å². The van der Waals surface area contributed by atoms with Gasteiger partial charge in [0.05, 0.1) is 0 Å². The number of alkyl halides is 2. The molecule has 0 spiro atoms. The molecule has 3 nitrogen and oxygen atoms in total. The van der Waals surface area contributed by atoms with Crippen molar-refractivity contribution >= 4 is 5.71 Å². The quantitative estimate of drug-likeness (QED) is 0.650. The maximum Gasteiger partial charge on any atom is 0.248 e. The molecule has 0 atom stereocenters. The Labute approximate surface area is 94.8 Å². The van der Waals surface area contributed by atoms with Crippen molar-refractivity contribution in [2.75, 3.05) is 7.05 Å². The fourth-order valence-corrected chi connectivity index (χ4v) is 1.81. The van der Waals surface area contributed by atoms with E-state index in [0.717, 1.165) is 5.82 Å². The molecule has 1 aliphatic carbocycles. The molecule has 0 unspecified atom stereocenters. The minimum atomic E-state index is -2.49. The lowest BCUT2D eigenvalue weighted by Crippen LogP contribution is -2.39. The Balaban J connectivity index is 2.46. The van der Waals surface area contributed by atoms with Gasteiger partial charge in [-0.25, -0.2) is 8.78 Å². The van der Waals surface area contributed by atoms with E-state index in [0.29, 0.717) is 18.6 Å². The van der Waals surface area contributed by atoms with E-state index < -0.39 is 5.92 Å². The van der Waals surface area contributed by atoms with Gasteiger partial charge in [0, 0.05) is 31.6 Å². The number of hydrogen-bond donors (Lipinski definition) is 3. The summed E-state index contributed by atoms with van der Waals surface area (Å²) in [6, 6.07) is 0.0812. The van der Waals surface area contributed by atoms with Gasteiger partial charge in [0.2, 0.25) is 5.92 Å². The van der Waals surface area contributed by atoms with Crippen LogP contribution in [0.15, 0.2) is 11.9 Å². The maximum absolute atomic E-state index is 12.9. The molecule has 0 amide bonds. The highest BCUT2D eigenvalue weighted by molar-refractivity contribution is 5.90. The third-order valence-corrected chi connectivity index (χ3v) is 2.71. The number of allylic oxidation sites excluding steroid dienone is 1. The lowest BCUT2D eigenvalue weighted by atomic mass is 9.92. The molecule has 3 N–H and O–H groups in total. The molecule has 16 heavy (non-hydrogen) atoms. The number of nitrogens with one attached hydrogen (secondary N) is 3. The van der Waals surface area contributed by atoms with Crippen LogP contribution in [0, 0.1) is 5.41 Å². The molecular formula is C11H19F2N3. The average Bonchev–Trinajstić information content (AvgIpc) is 2.19. The van der Waals surface area contributed by atoms with Crippen LogP contribution in [0.4, 0.5) is 8.78 Å². The Morgan fingerprint density at radius 1 is 1.38 bits per heavy atom. The summed E-state index contributed by atoms with van der Waals surface area (Å²) in [5.41, 5.74) is 0.429. The Hall–Kier alpha value is -1.13. The highest BCUT2D eigenvalue weighted by Gasteiger charge is 2.34. The number of hydrogen-bond acceptors (Lipinski definition) is 3. The van der Waals surface area contributed by atoms with Gasteiger partial charge < -0.3 is 16.0 Å². The Kier molecular flexibility index (Phi) is 4.26. The molecule has 0 bridgehead atoms. The topological polar surface area (TPSA) is 47.9 Å². The summed E-state index contributed by atoms with van der Waals surface area (Å²) in [5.74, 6) is -1.76. The van der Waals surface area contributed by atoms with Crippen LogP contribution in [-0.2, 0) is 0 Å². The zero-order valence-corrected chi connectivity index (χ0v) is 9.74. The first-order valence-electron chi connectivity index (χ1n) is 5.52. The van der Waals surface area contributed by atoms with Crippen LogP contribution in [0.3, 0.4) is 0 Å². The first kappa shape index (κ1) is 12.9. The van der Waals surface area contributed by atoms with Crippen molar-refractivity contribution in [3.63, 3.8) is 0 Å². The van der Waals surface area contributed by atoms with E-state index in [1.165, 1.54) is 0 Å². The number of rotatable bonds is 4. The van der Waals surface area contributed by atoms with Crippen molar-refractivity contribution in [3.8, 4) is 0 Å². The Bertz CT molecular complexity index is 277. The van der Waals surface area contributed by atoms with Crippen molar-refractivity contribution < 1.29 is 8.78 Å². The van der Waals surface area contributed by atoms with Crippen molar-refractivity contribution in [1.82, 2.24) is 10.6 Å². The minimum Gasteiger partial charge on any atom is -0.375 e. The predicted octanol–water partition coefficient (Wildman–Crippen LogP) is 2.25. The predicted molar refractivity (Wildman–Crippen MR) is 60.9 cm³/mol. The van der Waals surface area contributed by atoms with E-state index in [1.807, 2.05) is 0 Å². The molecule has 0 aliphatic heterocycles. The molecule has 0 aromatic rings. The molecule has 0 heterocycles. The molecule has 1 rings (SSSR count). The highest BCUT2D eigenvalue weighted by atomic mass is 19.3. The van der Waals surface area contributed by atoms with Gasteiger partial charge in [-0.15, -0.1) is 0 Å². The summed E-state index contributed by atoms with van der Waals surface area (Å²) in [7, 11) is 1.75. The second-order valence-electron chi connectivity index (χ2n) is 4.27. The van der Waals surface area contributed by atoms with Gasteiger partial charge in [-0.1, -0.05) is 0 Å². The van der Waals surface area contributed by atoms with Crippen LogP contribution in [0.25, 0.3) is 0 Å². The summed E-state index contributed by atoms with van der Waals surface area (Å²) in [4.78, 5) is 0. The number of halogens is 2. The Morgan fingerprint density at radius 3 is 2.38 bits per heavy atom. The normalized spacial score (nSPS) is 21.6. The molecule has 0 aromatic heterocycles. The summed E-state index contributed by atoms with van der Waals surface area (Å²) in [5, 5.41) is 13.4. The fraction of sp³-hybridized carbons (Fsp3) is 0.727. The molecule has 1 aliphatic rings. The molecule has 0 aromatic carbocycles. The van der Waals surface area contributed by atoms with Gasteiger partial charge in [-0.2, -0.15) is 0 Å². The van der Waals surface area contributed by atoms with Crippen LogP contribution >= 0.6 is 0 Å². The molecule has 1 saturated carbocycles. The van der Waals surface area contributed by atoms with Gasteiger partial charge >= 0.3 is 0 Å². The third-order valence-electron chi connectivity index (χ3n) is 2.71. The van der Waals surface area contributed by atoms with E-state index in [4.69, 9.17) is 5.41 Å². The lowest BCUT2D eigenvalue weighted by Gasteiger charge is -2.30. The summed E-state index contributed by atoms with van der Waals surface area (Å²) < 4.78 is 25.8. The van der Waals surface area contributed by atoms with Crippen molar-refractivity contribution in [2.24, 2.45) is 0 Å². The maximum atomic E-state index is 12.9. The Morgan fingerprint density at radius 2 is 1.94 bits per heavy atom.